The number of rotatable bonds is 3. The van der Waals surface area contributed by atoms with Gasteiger partial charge in [-0.05, 0) is 29.8 Å². The number of carbonyl (C=O) groups excluding carboxylic acids is 1. The summed E-state index contributed by atoms with van der Waals surface area (Å²) in [5.74, 6) is -0.514. The summed E-state index contributed by atoms with van der Waals surface area (Å²) < 4.78 is 0. The third-order valence-corrected chi connectivity index (χ3v) is 3.34. The number of nitriles is 1. The molecular weight excluding hydrogens is 292 g/mol. The minimum absolute atomic E-state index is 0.0369. The van der Waals surface area contributed by atoms with Gasteiger partial charge in [-0.25, -0.2) is 4.98 Å². The van der Waals surface area contributed by atoms with E-state index >= 15 is 0 Å². The predicted octanol–water partition coefficient (Wildman–Crippen LogP) is 1.72. The second kappa shape index (κ2) is 6.12. The zero-order valence-electron chi connectivity index (χ0n) is 12.0. The van der Waals surface area contributed by atoms with Gasteiger partial charge in [-0.15, -0.1) is 0 Å². The number of aromatic nitrogens is 2. The second-order valence-corrected chi connectivity index (χ2v) is 4.93. The highest BCUT2D eigenvalue weighted by Gasteiger charge is 2.11. The highest BCUT2D eigenvalue weighted by Crippen LogP contribution is 2.06. The van der Waals surface area contributed by atoms with Crippen molar-refractivity contribution in [2.24, 2.45) is 0 Å². The summed E-state index contributed by atoms with van der Waals surface area (Å²) in [6, 6.07) is 15.8. The Morgan fingerprint density at radius 3 is 2.87 bits per heavy atom. The summed E-state index contributed by atoms with van der Waals surface area (Å²) in [5.41, 5.74) is 1.43. The number of nitrogens with one attached hydrogen (secondary N) is 2. The minimum atomic E-state index is -0.477. The van der Waals surface area contributed by atoms with Crippen molar-refractivity contribution >= 4 is 16.8 Å². The van der Waals surface area contributed by atoms with Crippen molar-refractivity contribution in [3.63, 3.8) is 0 Å². The number of hydrogen-bond acceptors (Lipinski definition) is 4. The molecule has 0 saturated heterocycles. The maximum Gasteiger partial charge on any atom is 0.287 e. The Morgan fingerprint density at radius 1 is 1.22 bits per heavy atom. The third-order valence-electron chi connectivity index (χ3n) is 3.34. The van der Waals surface area contributed by atoms with E-state index in [0.29, 0.717) is 16.5 Å². The lowest BCUT2D eigenvalue weighted by Crippen LogP contribution is -2.27. The topological polar surface area (TPSA) is 98.6 Å². The predicted molar refractivity (Wildman–Crippen MR) is 84.7 cm³/mol. The van der Waals surface area contributed by atoms with Crippen LogP contribution in [-0.2, 0) is 6.54 Å². The van der Waals surface area contributed by atoms with Crippen LogP contribution in [0, 0.1) is 11.3 Å². The van der Waals surface area contributed by atoms with E-state index in [1.165, 1.54) is 0 Å². The summed E-state index contributed by atoms with van der Waals surface area (Å²) >= 11 is 0. The van der Waals surface area contributed by atoms with Gasteiger partial charge in [0.1, 0.15) is 0 Å². The van der Waals surface area contributed by atoms with Crippen LogP contribution in [0.1, 0.15) is 21.7 Å². The summed E-state index contributed by atoms with van der Waals surface area (Å²) in [7, 11) is 0. The molecule has 2 N–H and O–H groups in total. The average Bonchev–Trinajstić information content (AvgIpc) is 2.60. The van der Waals surface area contributed by atoms with E-state index in [1.807, 2.05) is 6.07 Å². The Labute approximate surface area is 131 Å². The Balaban J connectivity index is 1.81. The molecular formula is C17H12N4O2. The van der Waals surface area contributed by atoms with Gasteiger partial charge in [0.2, 0.25) is 0 Å². The van der Waals surface area contributed by atoms with E-state index in [2.05, 4.69) is 15.3 Å². The number of benzene rings is 2. The molecule has 0 aliphatic carbocycles. The van der Waals surface area contributed by atoms with E-state index in [9.17, 15) is 9.59 Å². The first-order valence-electron chi connectivity index (χ1n) is 6.93. The Hall–Kier alpha value is -3.46. The van der Waals surface area contributed by atoms with Crippen molar-refractivity contribution in [1.29, 1.82) is 5.26 Å². The normalized spacial score (nSPS) is 10.2. The standard InChI is InChI=1S/C17H12N4O2/c18-9-11-4-3-5-12(8-11)10-19-17(23)15-20-14-7-2-1-6-13(14)16(22)21-15/h1-8H,10H2,(H,19,23)(H,20,21,22). The number of carbonyl (C=O) groups is 1. The van der Waals surface area contributed by atoms with Crippen molar-refractivity contribution in [3.05, 3.63) is 75.8 Å². The Bertz CT molecular complexity index is 986. The van der Waals surface area contributed by atoms with Gasteiger partial charge in [-0.1, -0.05) is 24.3 Å². The van der Waals surface area contributed by atoms with Crippen molar-refractivity contribution in [3.8, 4) is 6.07 Å². The van der Waals surface area contributed by atoms with Gasteiger partial charge in [0.05, 0.1) is 22.5 Å². The lowest BCUT2D eigenvalue weighted by atomic mass is 10.1. The number of hydrogen-bond donors (Lipinski definition) is 2. The molecule has 0 spiro atoms. The molecule has 0 saturated carbocycles. The van der Waals surface area contributed by atoms with Crippen LogP contribution in [0.2, 0.25) is 0 Å². The average molecular weight is 304 g/mol. The second-order valence-electron chi connectivity index (χ2n) is 4.93. The number of nitrogens with zero attached hydrogens (tertiary/aromatic N) is 2. The van der Waals surface area contributed by atoms with Crippen molar-refractivity contribution in [2.45, 2.75) is 6.54 Å². The summed E-state index contributed by atoms with van der Waals surface area (Å²) in [6.07, 6.45) is 0. The van der Waals surface area contributed by atoms with Gasteiger partial charge in [-0.2, -0.15) is 5.26 Å². The lowest BCUT2D eigenvalue weighted by Gasteiger charge is -2.06. The van der Waals surface area contributed by atoms with E-state index < -0.39 is 5.91 Å². The van der Waals surface area contributed by atoms with Crippen molar-refractivity contribution in [1.82, 2.24) is 15.3 Å². The highest BCUT2D eigenvalue weighted by atomic mass is 16.2. The molecule has 2 aromatic carbocycles. The summed E-state index contributed by atoms with van der Waals surface area (Å²) in [4.78, 5) is 30.7. The smallest absolute Gasteiger partial charge is 0.287 e. The molecule has 0 aliphatic rings. The van der Waals surface area contributed by atoms with Gasteiger partial charge in [0.15, 0.2) is 5.82 Å². The minimum Gasteiger partial charge on any atom is -0.345 e. The monoisotopic (exact) mass is 304 g/mol. The molecule has 6 nitrogen and oxygen atoms in total. The molecule has 0 unspecified atom stereocenters. The van der Waals surface area contributed by atoms with Crippen LogP contribution in [0.15, 0.2) is 53.3 Å². The third kappa shape index (κ3) is 3.09. The van der Waals surface area contributed by atoms with Gasteiger partial charge < -0.3 is 10.3 Å². The van der Waals surface area contributed by atoms with Crippen LogP contribution in [0.3, 0.4) is 0 Å². The van der Waals surface area contributed by atoms with Crippen molar-refractivity contribution in [2.75, 3.05) is 0 Å². The number of aromatic amines is 1. The number of amides is 1. The van der Waals surface area contributed by atoms with Crippen LogP contribution >= 0.6 is 0 Å². The highest BCUT2D eigenvalue weighted by molar-refractivity contribution is 5.92. The van der Waals surface area contributed by atoms with Gasteiger partial charge in [0.25, 0.3) is 11.5 Å². The van der Waals surface area contributed by atoms with Gasteiger partial charge >= 0.3 is 0 Å². The van der Waals surface area contributed by atoms with Crippen LogP contribution in [-0.4, -0.2) is 15.9 Å². The molecule has 1 heterocycles. The Kier molecular flexibility index (Phi) is 3.85. The summed E-state index contributed by atoms with van der Waals surface area (Å²) in [5, 5.41) is 12.0. The maximum atomic E-state index is 12.2. The molecule has 3 rings (SSSR count). The molecule has 112 valence electrons. The van der Waals surface area contributed by atoms with Crippen LogP contribution < -0.4 is 10.9 Å². The molecule has 0 radical (unpaired) electrons. The van der Waals surface area contributed by atoms with E-state index in [1.54, 1.807) is 48.5 Å². The maximum absolute atomic E-state index is 12.2. The quantitative estimate of drug-likeness (QED) is 0.769. The molecule has 1 aromatic heterocycles. The fraction of sp³-hybridized carbons (Fsp3) is 0.0588. The molecule has 0 atom stereocenters. The molecule has 23 heavy (non-hydrogen) atoms. The van der Waals surface area contributed by atoms with Gasteiger partial charge in [-0.3, -0.25) is 9.59 Å². The molecule has 0 aliphatic heterocycles. The molecule has 3 aromatic rings. The first-order chi connectivity index (χ1) is 11.2. The molecule has 0 fully saturated rings. The number of para-hydroxylation sites is 1. The van der Waals surface area contributed by atoms with Gasteiger partial charge in [0, 0.05) is 6.54 Å². The van der Waals surface area contributed by atoms with Crippen LogP contribution in [0.25, 0.3) is 10.9 Å². The van der Waals surface area contributed by atoms with Crippen LogP contribution in [0.5, 0.6) is 0 Å². The first kappa shape index (κ1) is 14.5. The van der Waals surface area contributed by atoms with Crippen LogP contribution in [0.4, 0.5) is 0 Å². The van der Waals surface area contributed by atoms with Crippen molar-refractivity contribution < 1.29 is 4.79 Å². The fourth-order valence-corrected chi connectivity index (χ4v) is 2.21. The number of fused-ring (bicyclic) bond motifs is 1. The zero-order valence-corrected chi connectivity index (χ0v) is 12.0. The van der Waals surface area contributed by atoms with E-state index in [0.717, 1.165) is 5.56 Å². The lowest BCUT2D eigenvalue weighted by molar-refractivity contribution is 0.0940. The molecule has 0 bridgehead atoms. The molecule has 1 amide bonds. The van der Waals surface area contributed by atoms with E-state index in [4.69, 9.17) is 5.26 Å². The SMILES string of the molecule is N#Cc1cccc(CNC(=O)c2nc3ccccc3c(=O)[nH]2)c1. The summed E-state index contributed by atoms with van der Waals surface area (Å²) in [6.45, 7) is 0.241. The Morgan fingerprint density at radius 2 is 2.04 bits per heavy atom. The fourth-order valence-electron chi connectivity index (χ4n) is 2.21. The zero-order chi connectivity index (χ0) is 16.2. The largest absolute Gasteiger partial charge is 0.345 e. The molecule has 6 heteroatoms. The number of H-pyrrole nitrogens is 1. The first-order valence-corrected chi connectivity index (χ1v) is 6.93. The van der Waals surface area contributed by atoms with E-state index in [-0.39, 0.29) is 17.9 Å².